The number of aliphatic imine (C=N–C) groups is 1. The molecule has 1 unspecified atom stereocenters. The number of rotatable bonds is 9. The van der Waals surface area contributed by atoms with Crippen molar-refractivity contribution in [2.75, 3.05) is 6.54 Å². The number of alkyl halides is 2. The molecule has 7 nitrogen and oxygen atoms in total. The Labute approximate surface area is 192 Å². The van der Waals surface area contributed by atoms with E-state index in [1.807, 2.05) is 11.5 Å². The number of hydrazine groups is 1. The molecule has 3 aromatic rings. The molecule has 0 spiro atoms. The highest BCUT2D eigenvalue weighted by Crippen LogP contribution is 2.45. The third kappa shape index (κ3) is 5.14. The van der Waals surface area contributed by atoms with Gasteiger partial charge in [0, 0.05) is 23.4 Å². The first kappa shape index (κ1) is 24.6. The van der Waals surface area contributed by atoms with Gasteiger partial charge in [-0.15, -0.1) is 0 Å². The Morgan fingerprint density at radius 1 is 1.15 bits per heavy atom. The maximum Gasteiger partial charge on any atom is 0.323 e. The fourth-order valence-electron chi connectivity index (χ4n) is 3.11. The molecule has 1 heterocycles. The summed E-state index contributed by atoms with van der Waals surface area (Å²) in [6.45, 7) is -1.01. The Bertz CT molecular complexity index is 1200. The quantitative estimate of drug-likeness (QED) is 0.144. The molecule has 0 aliphatic rings. The van der Waals surface area contributed by atoms with Crippen LogP contribution in [0.4, 0.5) is 17.6 Å². The van der Waals surface area contributed by atoms with Crippen LogP contribution in [-0.2, 0) is 18.1 Å². The number of nitrogens with zero attached hydrogens (tertiary/aromatic N) is 3. The van der Waals surface area contributed by atoms with Gasteiger partial charge in [-0.3, -0.25) is 9.98 Å². The van der Waals surface area contributed by atoms with Crippen LogP contribution in [0, 0.1) is 23.0 Å². The third-order valence-electron chi connectivity index (χ3n) is 4.92. The lowest BCUT2D eigenvalue weighted by molar-refractivity contribution is -0.193. The van der Waals surface area contributed by atoms with Gasteiger partial charge < -0.3 is 15.3 Å². The maximum atomic E-state index is 15.5. The van der Waals surface area contributed by atoms with E-state index < -0.39 is 41.0 Å². The minimum absolute atomic E-state index is 0.00588. The summed E-state index contributed by atoms with van der Waals surface area (Å²) in [6, 6.07) is 12.4. The molecule has 34 heavy (non-hydrogen) atoms. The topological polar surface area (TPSA) is 117 Å². The molecule has 4 N–H and O–H groups in total. The zero-order valence-electron chi connectivity index (χ0n) is 17.6. The van der Waals surface area contributed by atoms with Crippen LogP contribution in [-0.4, -0.2) is 23.0 Å². The number of nitrogens with two attached hydrogens (primary N) is 1. The van der Waals surface area contributed by atoms with Gasteiger partial charge in [0.25, 0.3) is 0 Å². The predicted octanol–water partition coefficient (Wildman–Crippen LogP) is 3.28. The normalized spacial score (nSPS) is 13.3. The van der Waals surface area contributed by atoms with Gasteiger partial charge >= 0.3 is 5.92 Å². The molecule has 1 aromatic heterocycles. The van der Waals surface area contributed by atoms with Crippen molar-refractivity contribution in [3.05, 3.63) is 94.8 Å². The minimum atomic E-state index is -4.13. The number of benzene rings is 2. The van der Waals surface area contributed by atoms with Crippen LogP contribution in [0.15, 0.2) is 65.8 Å². The lowest BCUT2D eigenvalue weighted by Gasteiger charge is -2.35. The van der Waals surface area contributed by atoms with Gasteiger partial charge in [0.2, 0.25) is 0 Å². The first-order valence-corrected chi connectivity index (χ1v) is 9.80. The fraction of sp³-hybridized carbons (Fsp3) is 0.174. The van der Waals surface area contributed by atoms with Crippen LogP contribution in [0.1, 0.15) is 22.4 Å². The molecule has 176 valence electrons. The largest absolute Gasteiger partial charge is 0.489 e. The molecule has 0 aliphatic heterocycles. The zero-order valence-corrected chi connectivity index (χ0v) is 17.6. The van der Waals surface area contributed by atoms with E-state index >= 15 is 8.78 Å². The number of nitrogens with one attached hydrogen (secondary N) is 1. The standard InChI is InChI=1S/C23H19F4N5O2/c24-17-4-7-19(20(25)9-17)22(33,13-30-14-32-29)23(26,27)21-8-3-16(11-31-21)12-34-18-5-1-15(10-28)2-6-18/h1-9,11,14,33H,12-13,29H2,(H,30,32). The molecule has 3 rings (SSSR count). The highest BCUT2D eigenvalue weighted by molar-refractivity contribution is 5.53. The van der Waals surface area contributed by atoms with Crippen molar-refractivity contribution in [3.63, 3.8) is 0 Å². The third-order valence-corrected chi connectivity index (χ3v) is 4.92. The second-order valence-electron chi connectivity index (χ2n) is 7.17. The van der Waals surface area contributed by atoms with E-state index in [4.69, 9.17) is 15.8 Å². The van der Waals surface area contributed by atoms with Gasteiger partial charge in [0.15, 0.2) is 5.60 Å². The van der Waals surface area contributed by atoms with Crippen molar-refractivity contribution in [3.8, 4) is 11.8 Å². The number of nitriles is 1. The van der Waals surface area contributed by atoms with Gasteiger partial charge in [0.1, 0.15) is 29.7 Å². The zero-order chi connectivity index (χ0) is 24.8. The Morgan fingerprint density at radius 3 is 2.47 bits per heavy atom. The van der Waals surface area contributed by atoms with E-state index in [0.29, 0.717) is 22.9 Å². The highest BCUT2D eigenvalue weighted by Gasteiger charge is 2.57. The summed E-state index contributed by atoms with van der Waals surface area (Å²) in [7, 11) is 0. The van der Waals surface area contributed by atoms with Crippen LogP contribution < -0.4 is 16.0 Å². The van der Waals surface area contributed by atoms with Crippen molar-refractivity contribution in [2.45, 2.75) is 18.1 Å². The van der Waals surface area contributed by atoms with Crippen molar-refractivity contribution in [1.82, 2.24) is 10.4 Å². The van der Waals surface area contributed by atoms with Crippen molar-refractivity contribution in [2.24, 2.45) is 10.8 Å². The van der Waals surface area contributed by atoms with Crippen LogP contribution in [0.25, 0.3) is 0 Å². The van der Waals surface area contributed by atoms with Crippen LogP contribution in [0.3, 0.4) is 0 Å². The lowest BCUT2D eigenvalue weighted by atomic mass is 9.84. The molecule has 11 heteroatoms. The van der Waals surface area contributed by atoms with Gasteiger partial charge in [-0.2, -0.15) is 14.0 Å². The molecule has 2 aromatic carbocycles. The predicted molar refractivity (Wildman–Crippen MR) is 115 cm³/mol. The number of pyridine rings is 1. The summed E-state index contributed by atoms with van der Waals surface area (Å²) in [5.41, 5.74) is -2.03. The molecule has 0 amide bonds. The number of halogens is 4. The van der Waals surface area contributed by atoms with E-state index in [2.05, 4.69) is 9.98 Å². The molecule has 0 radical (unpaired) electrons. The number of aromatic nitrogens is 1. The van der Waals surface area contributed by atoms with Crippen molar-refractivity contribution < 1.29 is 27.4 Å². The van der Waals surface area contributed by atoms with E-state index in [0.717, 1.165) is 30.7 Å². The fourth-order valence-corrected chi connectivity index (χ4v) is 3.11. The second kappa shape index (κ2) is 10.3. The Kier molecular flexibility index (Phi) is 7.45. The average molecular weight is 473 g/mol. The van der Waals surface area contributed by atoms with Gasteiger partial charge in [-0.1, -0.05) is 6.07 Å². The number of hydrogen-bond donors (Lipinski definition) is 3. The highest BCUT2D eigenvalue weighted by atomic mass is 19.3. The lowest BCUT2D eigenvalue weighted by Crippen LogP contribution is -2.47. The molecular formula is C23H19F4N5O2. The average Bonchev–Trinajstić information content (AvgIpc) is 2.83. The Balaban J connectivity index is 1.86. The smallest absolute Gasteiger partial charge is 0.323 e. The Hall–Kier alpha value is -4.01. The molecule has 0 saturated carbocycles. The van der Waals surface area contributed by atoms with E-state index in [9.17, 15) is 13.9 Å². The number of hydrogen-bond acceptors (Lipinski definition) is 6. The summed E-state index contributed by atoms with van der Waals surface area (Å²) in [5, 5.41) is 19.8. The molecule has 0 fully saturated rings. The summed E-state index contributed by atoms with van der Waals surface area (Å²) in [6.07, 6.45) is 1.97. The van der Waals surface area contributed by atoms with Crippen molar-refractivity contribution in [1.29, 1.82) is 5.26 Å². The molecule has 1 atom stereocenters. The van der Waals surface area contributed by atoms with Gasteiger partial charge in [-0.25, -0.2) is 14.6 Å². The molecule has 0 aliphatic carbocycles. The monoisotopic (exact) mass is 473 g/mol. The summed E-state index contributed by atoms with van der Waals surface area (Å²) in [4.78, 5) is 7.30. The first-order chi connectivity index (χ1) is 16.2. The second-order valence-corrected chi connectivity index (χ2v) is 7.17. The minimum Gasteiger partial charge on any atom is -0.489 e. The van der Waals surface area contributed by atoms with E-state index in [1.165, 1.54) is 6.07 Å². The van der Waals surface area contributed by atoms with Crippen LogP contribution in [0.2, 0.25) is 0 Å². The Morgan fingerprint density at radius 2 is 1.88 bits per heavy atom. The molecular weight excluding hydrogens is 454 g/mol. The van der Waals surface area contributed by atoms with Crippen LogP contribution in [0.5, 0.6) is 5.75 Å². The van der Waals surface area contributed by atoms with E-state index in [1.54, 1.807) is 24.3 Å². The van der Waals surface area contributed by atoms with Gasteiger partial charge in [-0.05, 0) is 42.5 Å². The number of aliphatic hydroxyl groups is 1. The molecule has 0 saturated heterocycles. The number of ether oxygens (including phenoxy) is 1. The SMILES string of the molecule is N#Cc1ccc(OCc2ccc(C(F)(F)C(O)(CN=CNN)c3ccc(F)cc3F)nc2)cc1. The van der Waals surface area contributed by atoms with Crippen molar-refractivity contribution >= 4 is 6.34 Å². The maximum absolute atomic E-state index is 15.5. The van der Waals surface area contributed by atoms with Gasteiger partial charge in [0.05, 0.1) is 24.5 Å². The summed E-state index contributed by atoms with van der Waals surface area (Å²) < 4.78 is 64.3. The van der Waals surface area contributed by atoms with Crippen LogP contribution >= 0.6 is 0 Å². The summed E-state index contributed by atoms with van der Waals surface area (Å²) >= 11 is 0. The van der Waals surface area contributed by atoms with E-state index in [-0.39, 0.29) is 6.61 Å². The summed E-state index contributed by atoms with van der Waals surface area (Å²) in [5.74, 6) is -1.00. The molecule has 0 bridgehead atoms. The first-order valence-electron chi connectivity index (χ1n) is 9.80.